The zero-order valence-corrected chi connectivity index (χ0v) is 18.3. The minimum atomic E-state index is -4.36. The zero-order chi connectivity index (χ0) is 24.0. The third-order valence-electron chi connectivity index (χ3n) is 5.28. The Labute approximate surface area is 194 Å². The van der Waals surface area contributed by atoms with Gasteiger partial charge in [-0.25, -0.2) is 0 Å². The Morgan fingerprint density at radius 2 is 1.88 bits per heavy atom. The lowest BCUT2D eigenvalue weighted by Gasteiger charge is -2.26. The van der Waals surface area contributed by atoms with Gasteiger partial charge in [-0.05, 0) is 35.4 Å². The summed E-state index contributed by atoms with van der Waals surface area (Å²) in [5.41, 5.74) is 3.54. The number of halogens is 3. The average molecular weight is 471 g/mol. The van der Waals surface area contributed by atoms with Crippen molar-refractivity contribution in [3.63, 3.8) is 0 Å². The van der Waals surface area contributed by atoms with Crippen LogP contribution in [0.4, 0.5) is 18.9 Å². The normalized spacial score (nSPS) is 15.0. The van der Waals surface area contributed by atoms with E-state index in [0.717, 1.165) is 43.1 Å². The quantitative estimate of drug-likeness (QED) is 0.528. The molecule has 34 heavy (non-hydrogen) atoms. The fraction of sp³-hybridized carbons (Fsp3) is 0.292. The Hall–Kier alpha value is -3.50. The fourth-order valence-corrected chi connectivity index (χ4v) is 3.64. The lowest BCUT2D eigenvalue weighted by atomic mass is 10.0. The van der Waals surface area contributed by atoms with Gasteiger partial charge in [0.15, 0.2) is 0 Å². The summed E-state index contributed by atoms with van der Waals surface area (Å²) in [5.74, 6) is -0.330. The monoisotopic (exact) mass is 471 g/mol. The van der Waals surface area contributed by atoms with E-state index in [-0.39, 0.29) is 5.91 Å². The van der Waals surface area contributed by atoms with E-state index in [1.807, 2.05) is 24.3 Å². The lowest BCUT2D eigenvalue weighted by Crippen LogP contribution is -2.35. The zero-order valence-electron chi connectivity index (χ0n) is 18.3. The molecule has 1 aliphatic rings. The van der Waals surface area contributed by atoms with Crippen LogP contribution < -0.4 is 5.32 Å². The van der Waals surface area contributed by atoms with E-state index in [9.17, 15) is 18.0 Å². The molecule has 0 unspecified atom stereocenters. The number of morpholine rings is 1. The van der Waals surface area contributed by atoms with Gasteiger partial charge in [0.05, 0.1) is 19.4 Å². The Balaban J connectivity index is 1.38. The first-order chi connectivity index (χ1) is 16.4. The van der Waals surface area contributed by atoms with Crippen molar-refractivity contribution in [3.8, 4) is 11.1 Å². The summed E-state index contributed by atoms with van der Waals surface area (Å²) in [6.45, 7) is 2.97. The maximum atomic E-state index is 12.6. The van der Waals surface area contributed by atoms with Gasteiger partial charge in [0, 0.05) is 61.1 Å². The van der Waals surface area contributed by atoms with Crippen molar-refractivity contribution in [2.75, 3.05) is 31.6 Å². The van der Waals surface area contributed by atoms with E-state index in [1.54, 1.807) is 18.3 Å². The molecule has 0 aliphatic carbocycles. The Morgan fingerprint density at radius 1 is 1.12 bits per heavy atom. The first-order valence-corrected chi connectivity index (χ1v) is 10.8. The summed E-state index contributed by atoms with van der Waals surface area (Å²) in [4.78, 5) is 18.8. The Kier molecular flexibility index (Phi) is 7.39. The molecule has 1 fully saturated rings. The number of rotatable bonds is 7. The van der Waals surface area contributed by atoms with Gasteiger partial charge in [-0.3, -0.25) is 19.4 Å². The molecule has 1 aromatic carbocycles. The number of carbonyl (C=O) groups is 1. The molecular formula is C24H24F3N5O2. The van der Waals surface area contributed by atoms with E-state index < -0.39 is 12.7 Å². The summed E-state index contributed by atoms with van der Waals surface area (Å²) in [5, 5.41) is 6.59. The molecule has 178 valence electrons. The summed E-state index contributed by atoms with van der Waals surface area (Å²) >= 11 is 0. The Morgan fingerprint density at radius 3 is 2.62 bits per heavy atom. The van der Waals surface area contributed by atoms with E-state index >= 15 is 0 Å². The van der Waals surface area contributed by atoms with Gasteiger partial charge in [0.1, 0.15) is 6.54 Å². The van der Waals surface area contributed by atoms with Crippen molar-refractivity contribution in [3.05, 3.63) is 72.3 Å². The number of amides is 1. The van der Waals surface area contributed by atoms with Crippen LogP contribution in [-0.4, -0.2) is 58.1 Å². The molecule has 3 heterocycles. The van der Waals surface area contributed by atoms with Crippen LogP contribution in [0.15, 0.2) is 61.2 Å². The van der Waals surface area contributed by atoms with Crippen molar-refractivity contribution >= 4 is 17.7 Å². The van der Waals surface area contributed by atoms with Gasteiger partial charge in [0.2, 0.25) is 5.91 Å². The van der Waals surface area contributed by atoms with Crippen LogP contribution in [0.2, 0.25) is 0 Å². The molecule has 4 rings (SSSR count). The molecule has 1 amide bonds. The SMILES string of the molecule is O=C(/C=C/c1cnccc1-c1cnn(CC(F)(F)F)c1)Nc1ccc(CN2CCOCC2)cc1. The first-order valence-electron chi connectivity index (χ1n) is 10.8. The molecule has 7 nitrogen and oxygen atoms in total. The molecule has 1 saturated heterocycles. The molecule has 0 radical (unpaired) electrons. The molecule has 3 aromatic rings. The molecule has 0 bridgehead atoms. The second-order valence-electron chi connectivity index (χ2n) is 7.91. The van der Waals surface area contributed by atoms with Crippen molar-refractivity contribution in [1.29, 1.82) is 0 Å². The van der Waals surface area contributed by atoms with Gasteiger partial charge in [-0.1, -0.05) is 12.1 Å². The molecule has 1 N–H and O–H groups in total. The highest BCUT2D eigenvalue weighted by Gasteiger charge is 2.28. The Bertz CT molecular complexity index is 1140. The standard InChI is InChI=1S/C24H24F3N5O2/c25-24(26,27)17-32-16-20(14-29-32)22-7-8-28-13-19(22)3-6-23(33)30-21-4-1-18(2-5-21)15-31-9-11-34-12-10-31/h1-8,13-14,16H,9-12,15,17H2,(H,30,33)/b6-3+. The molecular weight excluding hydrogens is 447 g/mol. The highest BCUT2D eigenvalue weighted by atomic mass is 19.4. The van der Waals surface area contributed by atoms with Crippen molar-refractivity contribution in [1.82, 2.24) is 19.7 Å². The third-order valence-corrected chi connectivity index (χ3v) is 5.28. The smallest absolute Gasteiger partial charge is 0.379 e. The maximum Gasteiger partial charge on any atom is 0.408 e. The molecule has 0 atom stereocenters. The molecule has 0 saturated carbocycles. The van der Waals surface area contributed by atoms with E-state index in [2.05, 4.69) is 20.3 Å². The summed E-state index contributed by atoms with van der Waals surface area (Å²) in [7, 11) is 0. The van der Waals surface area contributed by atoms with Gasteiger partial charge >= 0.3 is 6.18 Å². The predicted octanol–water partition coefficient (Wildman–Crippen LogP) is 3.99. The van der Waals surface area contributed by atoms with Gasteiger partial charge < -0.3 is 10.1 Å². The number of benzene rings is 1. The van der Waals surface area contributed by atoms with Crippen LogP contribution >= 0.6 is 0 Å². The van der Waals surface area contributed by atoms with Gasteiger partial charge in [-0.2, -0.15) is 18.3 Å². The fourth-order valence-electron chi connectivity index (χ4n) is 3.64. The highest BCUT2D eigenvalue weighted by Crippen LogP contribution is 2.25. The van der Waals surface area contributed by atoms with E-state index in [1.165, 1.54) is 24.7 Å². The van der Waals surface area contributed by atoms with Crippen LogP contribution in [0.1, 0.15) is 11.1 Å². The number of carbonyl (C=O) groups excluding carboxylic acids is 1. The number of alkyl halides is 3. The van der Waals surface area contributed by atoms with Crippen molar-refractivity contribution in [2.24, 2.45) is 0 Å². The largest absolute Gasteiger partial charge is 0.408 e. The minimum Gasteiger partial charge on any atom is -0.379 e. The number of nitrogens with one attached hydrogen (secondary N) is 1. The molecule has 10 heteroatoms. The lowest BCUT2D eigenvalue weighted by molar-refractivity contribution is -0.142. The molecule has 0 spiro atoms. The van der Waals surface area contributed by atoms with Crippen LogP contribution in [0.3, 0.4) is 0 Å². The number of hydrogen-bond acceptors (Lipinski definition) is 5. The van der Waals surface area contributed by atoms with Crippen LogP contribution in [0, 0.1) is 0 Å². The van der Waals surface area contributed by atoms with Gasteiger partial charge in [-0.15, -0.1) is 0 Å². The predicted molar refractivity (Wildman–Crippen MR) is 122 cm³/mol. The topological polar surface area (TPSA) is 72.3 Å². The summed E-state index contributed by atoms with van der Waals surface area (Å²) < 4.78 is 44.0. The number of anilines is 1. The maximum absolute atomic E-state index is 12.6. The number of pyridine rings is 1. The van der Waals surface area contributed by atoms with Crippen molar-refractivity contribution in [2.45, 2.75) is 19.3 Å². The van der Waals surface area contributed by atoms with E-state index in [0.29, 0.717) is 22.4 Å². The molecule has 1 aliphatic heterocycles. The van der Waals surface area contributed by atoms with E-state index in [4.69, 9.17) is 4.74 Å². The number of ether oxygens (including phenoxy) is 1. The second-order valence-corrected chi connectivity index (χ2v) is 7.91. The number of aromatic nitrogens is 3. The second kappa shape index (κ2) is 10.6. The minimum absolute atomic E-state index is 0.330. The highest BCUT2D eigenvalue weighted by molar-refractivity contribution is 6.02. The number of hydrogen-bond donors (Lipinski definition) is 1. The van der Waals surface area contributed by atoms with Crippen LogP contribution in [0.25, 0.3) is 17.2 Å². The third kappa shape index (κ3) is 6.75. The van der Waals surface area contributed by atoms with Crippen LogP contribution in [-0.2, 0) is 22.6 Å². The molecule has 2 aromatic heterocycles. The van der Waals surface area contributed by atoms with Crippen LogP contribution in [0.5, 0.6) is 0 Å². The van der Waals surface area contributed by atoms with Crippen molar-refractivity contribution < 1.29 is 22.7 Å². The van der Waals surface area contributed by atoms with Gasteiger partial charge in [0.25, 0.3) is 0 Å². The average Bonchev–Trinajstić information content (AvgIpc) is 3.26. The summed E-state index contributed by atoms with van der Waals surface area (Å²) in [6.07, 6.45) is 4.33. The number of nitrogens with zero attached hydrogens (tertiary/aromatic N) is 4. The first kappa shape index (κ1) is 23.7. The summed E-state index contributed by atoms with van der Waals surface area (Å²) in [6, 6.07) is 9.33.